The first-order chi connectivity index (χ1) is 29.9. The predicted octanol–water partition coefficient (Wildman–Crippen LogP) is 14.2. The third-order valence-electron chi connectivity index (χ3n) is 13.7. The molecule has 1 radical (unpaired) electrons. The summed E-state index contributed by atoms with van der Waals surface area (Å²) < 4.78 is 0. The fraction of sp³-hybridized carbons (Fsp3) is 0.220. The zero-order valence-corrected chi connectivity index (χ0v) is 37.2. The molecule has 2 nitrogen and oxygen atoms in total. The van der Waals surface area contributed by atoms with Gasteiger partial charge in [-0.05, 0) is 178 Å². The van der Waals surface area contributed by atoms with Crippen molar-refractivity contribution in [3.05, 3.63) is 178 Å². The Kier molecular flexibility index (Phi) is 9.68. The van der Waals surface area contributed by atoms with Gasteiger partial charge in [-0.15, -0.1) is 6.42 Å². The summed E-state index contributed by atoms with van der Waals surface area (Å²) in [5.74, 6) is 2.75. The van der Waals surface area contributed by atoms with Gasteiger partial charge < -0.3 is 10.2 Å². The molecule has 6 aromatic rings. The van der Waals surface area contributed by atoms with Crippen LogP contribution in [0.15, 0.2) is 139 Å². The van der Waals surface area contributed by atoms with E-state index in [-0.39, 0.29) is 10.8 Å². The van der Waals surface area contributed by atoms with Gasteiger partial charge in [0.1, 0.15) is 0 Å². The Balaban J connectivity index is 1.24. The summed E-state index contributed by atoms with van der Waals surface area (Å²) in [5, 5.41) is 6.39. The van der Waals surface area contributed by atoms with Crippen molar-refractivity contribution >= 4 is 74.6 Å². The van der Waals surface area contributed by atoms with Gasteiger partial charge >= 0.3 is 0 Å². The summed E-state index contributed by atoms with van der Waals surface area (Å²) in [6.07, 6.45) is 25.6. The van der Waals surface area contributed by atoms with Crippen molar-refractivity contribution in [2.75, 3.05) is 10.2 Å². The topological polar surface area (TPSA) is 15.3 Å². The van der Waals surface area contributed by atoms with Crippen LogP contribution in [0, 0.1) is 19.3 Å². The van der Waals surface area contributed by atoms with Gasteiger partial charge in [0.25, 0.3) is 0 Å². The Morgan fingerprint density at radius 1 is 0.806 bits per heavy atom. The van der Waals surface area contributed by atoms with Crippen LogP contribution in [-0.4, -0.2) is 7.28 Å². The molecule has 0 spiro atoms. The number of fused-ring (bicyclic) bond motifs is 6. The van der Waals surface area contributed by atoms with Gasteiger partial charge in [0.15, 0.2) is 7.28 Å². The maximum atomic E-state index is 5.78. The van der Waals surface area contributed by atoms with Gasteiger partial charge in [0, 0.05) is 44.8 Å². The summed E-state index contributed by atoms with van der Waals surface area (Å²) in [6, 6.07) is 37.2. The number of hydrogen-bond donors (Lipinski definition) is 1. The van der Waals surface area contributed by atoms with E-state index in [1.165, 1.54) is 106 Å². The van der Waals surface area contributed by atoms with Crippen LogP contribution in [0.4, 0.5) is 28.4 Å². The minimum absolute atomic E-state index is 0.0804. The van der Waals surface area contributed by atoms with Crippen LogP contribution in [0.25, 0.3) is 39.1 Å². The molecule has 10 rings (SSSR count). The second kappa shape index (κ2) is 15.1. The lowest BCUT2D eigenvalue weighted by molar-refractivity contribution is 0.590. The second-order valence-electron chi connectivity index (χ2n) is 19.1. The highest BCUT2D eigenvalue weighted by Crippen LogP contribution is 2.51. The Labute approximate surface area is 369 Å². The van der Waals surface area contributed by atoms with Crippen molar-refractivity contribution < 1.29 is 0 Å². The number of aryl methyl sites for hydroxylation is 2. The molecule has 0 bridgehead atoms. The molecule has 1 aliphatic heterocycles. The van der Waals surface area contributed by atoms with Crippen molar-refractivity contribution in [2.45, 2.75) is 85.0 Å². The first kappa shape index (κ1) is 39.6. The minimum Gasteiger partial charge on any atom is -0.355 e. The number of terminal acetylenes is 1. The first-order valence-electron chi connectivity index (χ1n) is 22.3. The third-order valence-corrected chi connectivity index (χ3v) is 13.7. The molecule has 62 heavy (non-hydrogen) atoms. The largest absolute Gasteiger partial charge is 0.355 e. The molecule has 303 valence electrons. The van der Waals surface area contributed by atoms with E-state index in [9.17, 15) is 0 Å². The van der Waals surface area contributed by atoms with Crippen molar-refractivity contribution in [2.24, 2.45) is 0 Å². The summed E-state index contributed by atoms with van der Waals surface area (Å²) in [5.41, 5.74) is 23.4. The van der Waals surface area contributed by atoms with Crippen LogP contribution in [0.3, 0.4) is 0 Å². The van der Waals surface area contributed by atoms with E-state index in [4.69, 9.17) is 6.42 Å². The smallest absolute Gasteiger partial charge is 0.197 e. The van der Waals surface area contributed by atoms with E-state index in [0.29, 0.717) is 0 Å². The van der Waals surface area contributed by atoms with Gasteiger partial charge in [-0.2, -0.15) is 0 Å². The number of nitrogens with one attached hydrogen (secondary N) is 1. The lowest BCUT2D eigenvalue weighted by Gasteiger charge is -2.38. The summed E-state index contributed by atoms with van der Waals surface area (Å²) in [7, 11) is 2.47. The highest BCUT2D eigenvalue weighted by molar-refractivity contribution is 6.74. The maximum absolute atomic E-state index is 5.78. The Hall–Kier alpha value is -6.50. The van der Waals surface area contributed by atoms with E-state index in [1.54, 1.807) is 0 Å². The van der Waals surface area contributed by atoms with Crippen molar-refractivity contribution in [3.63, 3.8) is 0 Å². The number of benzene rings is 6. The van der Waals surface area contributed by atoms with E-state index in [1.807, 2.05) is 6.08 Å². The number of allylic oxidation sites excluding steroid dienone is 9. The zero-order chi connectivity index (χ0) is 42.9. The number of rotatable bonds is 6. The Morgan fingerprint density at radius 3 is 2.37 bits per heavy atom. The SMILES string of the molecule is C#C/C=C\C1=C(C)c2cc3c(cc2C1(C)C)N(c1ccc(C2=CCCC=C2)cc1C)c1c(c(-c2cc4c(cc2Nc2ccc(C(C)(C)C)cc2)CCC=C4)cc2ccccc12)[B]3. The van der Waals surface area contributed by atoms with Crippen LogP contribution in [0.2, 0.25) is 0 Å². The maximum Gasteiger partial charge on any atom is 0.197 e. The van der Waals surface area contributed by atoms with Crippen LogP contribution in [0.1, 0.15) is 99.7 Å². The molecular weight excluding hydrogens is 747 g/mol. The van der Waals surface area contributed by atoms with E-state index < -0.39 is 0 Å². The average Bonchev–Trinajstić information content (AvgIpc) is 3.45. The summed E-state index contributed by atoms with van der Waals surface area (Å²) in [4.78, 5) is 2.58. The fourth-order valence-corrected chi connectivity index (χ4v) is 10.4. The molecule has 0 aromatic heterocycles. The van der Waals surface area contributed by atoms with Crippen LogP contribution >= 0.6 is 0 Å². The van der Waals surface area contributed by atoms with Crippen molar-refractivity contribution in [1.29, 1.82) is 0 Å². The summed E-state index contributed by atoms with van der Waals surface area (Å²) >= 11 is 0. The molecular formula is C59H54BN2. The van der Waals surface area contributed by atoms with Gasteiger partial charge in [-0.3, -0.25) is 0 Å². The number of nitrogens with zero attached hydrogens (tertiary/aromatic N) is 1. The normalized spacial score (nSPS) is 16.1. The molecule has 0 saturated heterocycles. The second-order valence-corrected chi connectivity index (χ2v) is 19.1. The minimum atomic E-state index is -0.224. The third kappa shape index (κ3) is 6.69. The molecule has 1 N–H and O–H groups in total. The lowest BCUT2D eigenvalue weighted by Crippen LogP contribution is -2.42. The highest BCUT2D eigenvalue weighted by atomic mass is 15.2. The molecule has 4 aliphatic rings. The number of anilines is 5. The van der Waals surface area contributed by atoms with E-state index >= 15 is 0 Å². The molecule has 0 amide bonds. The molecule has 1 heterocycles. The molecule has 6 aromatic carbocycles. The molecule has 3 aliphatic carbocycles. The molecule has 0 fully saturated rings. The van der Waals surface area contributed by atoms with Gasteiger partial charge in [-0.1, -0.05) is 125 Å². The van der Waals surface area contributed by atoms with Crippen LogP contribution in [0.5, 0.6) is 0 Å². The van der Waals surface area contributed by atoms with Crippen molar-refractivity contribution in [3.8, 4) is 23.5 Å². The van der Waals surface area contributed by atoms with E-state index in [0.717, 1.165) is 37.1 Å². The first-order valence-corrected chi connectivity index (χ1v) is 22.3. The molecule has 3 heteroatoms. The van der Waals surface area contributed by atoms with E-state index in [2.05, 4.69) is 205 Å². The molecule has 0 atom stereocenters. The van der Waals surface area contributed by atoms with Crippen LogP contribution < -0.4 is 21.1 Å². The lowest BCUT2D eigenvalue weighted by atomic mass is 9.57. The predicted molar refractivity (Wildman–Crippen MR) is 270 cm³/mol. The monoisotopic (exact) mass is 801 g/mol. The Bertz CT molecular complexity index is 3040. The molecule has 0 unspecified atom stereocenters. The van der Waals surface area contributed by atoms with Gasteiger partial charge in [0.2, 0.25) is 0 Å². The fourth-order valence-electron chi connectivity index (χ4n) is 10.4. The quantitative estimate of drug-likeness (QED) is 0.133. The highest BCUT2D eigenvalue weighted by Gasteiger charge is 2.39. The Morgan fingerprint density at radius 2 is 1.61 bits per heavy atom. The summed E-state index contributed by atoms with van der Waals surface area (Å²) in [6.45, 7) is 16.0. The molecule has 0 saturated carbocycles. The van der Waals surface area contributed by atoms with Crippen LogP contribution in [-0.2, 0) is 17.3 Å². The standard InChI is InChI=1S/C59H54BN2/c1-9-10-24-50-38(3)47-35-52-55(36-51(47)59(50,7)8)62(54-30-25-42(31-37(54)2)39-18-12-11-13-19-39)57-46-23-17-16-22-43(46)33-49(56(57)60-52)48-32-40-20-14-15-21-41(40)34-53(48)61-45-28-26-44(27-29-45)58(4,5)6/h1,10,12,14,16-20,22-36,61H,11,13,15,21H2,2-8H3/b24-10-. The van der Waals surface area contributed by atoms with Crippen molar-refractivity contribution in [1.82, 2.24) is 0 Å². The zero-order valence-electron chi connectivity index (χ0n) is 37.2. The van der Waals surface area contributed by atoms with Gasteiger partial charge in [0.05, 0.1) is 0 Å². The number of hydrogen-bond acceptors (Lipinski definition) is 2. The van der Waals surface area contributed by atoms with Gasteiger partial charge in [-0.25, -0.2) is 0 Å². The average molecular weight is 802 g/mol.